The molecular formula is C17H22N4O2. The average molecular weight is 314 g/mol. The summed E-state index contributed by atoms with van der Waals surface area (Å²) >= 11 is 0. The third-order valence-corrected chi connectivity index (χ3v) is 4.43. The monoisotopic (exact) mass is 314 g/mol. The van der Waals surface area contributed by atoms with Crippen molar-refractivity contribution in [2.45, 2.75) is 58.5 Å². The highest BCUT2D eigenvalue weighted by atomic mass is 16.2. The normalized spacial score (nSPS) is 15.2. The fourth-order valence-corrected chi connectivity index (χ4v) is 2.90. The quantitative estimate of drug-likeness (QED) is 0.929. The number of nitrogens with one attached hydrogen (secondary N) is 1. The van der Waals surface area contributed by atoms with E-state index in [0.29, 0.717) is 11.0 Å². The SMILES string of the molecule is CC[C@@H](C)NC(=O)Cn1cnc2nc3c(cc2c1=O)CCCC3. The molecule has 1 N–H and O–H groups in total. The molecule has 1 amide bonds. The highest BCUT2D eigenvalue weighted by Gasteiger charge is 2.15. The van der Waals surface area contributed by atoms with Gasteiger partial charge in [0, 0.05) is 11.7 Å². The van der Waals surface area contributed by atoms with E-state index in [1.807, 2.05) is 19.9 Å². The summed E-state index contributed by atoms with van der Waals surface area (Å²) < 4.78 is 1.36. The number of carbonyl (C=O) groups is 1. The molecule has 1 atom stereocenters. The van der Waals surface area contributed by atoms with E-state index in [0.717, 1.165) is 43.4 Å². The predicted octanol–water partition coefficient (Wildman–Crippen LogP) is 1.58. The van der Waals surface area contributed by atoms with E-state index >= 15 is 0 Å². The second-order valence-electron chi connectivity index (χ2n) is 6.23. The number of aromatic nitrogens is 3. The minimum Gasteiger partial charge on any atom is -0.352 e. The van der Waals surface area contributed by atoms with Crippen LogP contribution < -0.4 is 10.9 Å². The Balaban J connectivity index is 1.92. The number of aryl methyl sites for hydroxylation is 2. The van der Waals surface area contributed by atoms with Crippen LogP contribution in [-0.4, -0.2) is 26.5 Å². The number of hydrogen-bond acceptors (Lipinski definition) is 4. The molecule has 0 bridgehead atoms. The van der Waals surface area contributed by atoms with E-state index in [-0.39, 0.29) is 24.1 Å². The molecule has 2 aromatic heterocycles. The van der Waals surface area contributed by atoms with Gasteiger partial charge >= 0.3 is 0 Å². The molecule has 0 saturated heterocycles. The van der Waals surface area contributed by atoms with Gasteiger partial charge in [-0.05, 0) is 50.7 Å². The Hall–Kier alpha value is -2.24. The van der Waals surface area contributed by atoms with Crippen LogP contribution in [-0.2, 0) is 24.2 Å². The van der Waals surface area contributed by atoms with Crippen molar-refractivity contribution in [3.63, 3.8) is 0 Å². The standard InChI is InChI=1S/C17H22N4O2/c1-3-11(2)19-15(22)9-21-10-18-16-13(17(21)23)8-12-6-4-5-7-14(12)20-16/h8,10-11H,3-7,9H2,1-2H3,(H,19,22)/t11-/m1/s1. The first-order valence-corrected chi connectivity index (χ1v) is 8.25. The number of nitrogens with zero attached hydrogens (tertiary/aromatic N) is 3. The minimum absolute atomic E-state index is 0.0107. The lowest BCUT2D eigenvalue weighted by molar-refractivity contribution is -0.122. The Bertz CT molecular complexity index is 797. The highest BCUT2D eigenvalue weighted by Crippen LogP contribution is 2.21. The number of carbonyl (C=O) groups excluding carboxylic acids is 1. The molecule has 0 spiro atoms. The van der Waals surface area contributed by atoms with Crippen molar-refractivity contribution in [3.8, 4) is 0 Å². The van der Waals surface area contributed by atoms with Crippen LogP contribution in [0.3, 0.4) is 0 Å². The van der Waals surface area contributed by atoms with Crippen LogP contribution in [0.1, 0.15) is 44.4 Å². The number of amides is 1. The number of rotatable bonds is 4. The van der Waals surface area contributed by atoms with E-state index in [2.05, 4.69) is 15.3 Å². The largest absolute Gasteiger partial charge is 0.352 e. The molecule has 6 nitrogen and oxygen atoms in total. The summed E-state index contributed by atoms with van der Waals surface area (Å²) in [5, 5.41) is 3.37. The summed E-state index contributed by atoms with van der Waals surface area (Å²) in [7, 11) is 0. The van der Waals surface area contributed by atoms with Crippen molar-refractivity contribution in [2.24, 2.45) is 0 Å². The van der Waals surface area contributed by atoms with Gasteiger partial charge in [0.05, 0.1) is 5.39 Å². The van der Waals surface area contributed by atoms with E-state index < -0.39 is 0 Å². The maximum Gasteiger partial charge on any atom is 0.263 e. The molecule has 1 aliphatic rings. The predicted molar refractivity (Wildman–Crippen MR) is 88.3 cm³/mol. The Kier molecular flexibility index (Phi) is 4.41. The molecule has 3 rings (SSSR count). The van der Waals surface area contributed by atoms with Crippen LogP contribution >= 0.6 is 0 Å². The molecule has 0 aliphatic heterocycles. The molecule has 0 aromatic carbocycles. The van der Waals surface area contributed by atoms with Gasteiger partial charge in [-0.15, -0.1) is 0 Å². The first-order chi connectivity index (χ1) is 11.1. The van der Waals surface area contributed by atoms with Crippen molar-refractivity contribution in [2.75, 3.05) is 0 Å². The summed E-state index contributed by atoms with van der Waals surface area (Å²) in [5.74, 6) is -0.173. The fraction of sp³-hybridized carbons (Fsp3) is 0.529. The average Bonchev–Trinajstić information content (AvgIpc) is 2.56. The zero-order valence-corrected chi connectivity index (χ0v) is 13.6. The molecule has 0 radical (unpaired) electrons. The zero-order chi connectivity index (χ0) is 16.4. The van der Waals surface area contributed by atoms with Crippen LogP contribution in [0.25, 0.3) is 11.0 Å². The fourth-order valence-electron chi connectivity index (χ4n) is 2.90. The van der Waals surface area contributed by atoms with Crippen LogP contribution in [0.4, 0.5) is 0 Å². The Labute approximate surface area is 134 Å². The van der Waals surface area contributed by atoms with Gasteiger partial charge in [-0.2, -0.15) is 0 Å². The van der Waals surface area contributed by atoms with Crippen LogP contribution in [0.5, 0.6) is 0 Å². The van der Waals surface area contributed by atoms with Gasteiger partial charge in [0.2, 0.25) is 5.91 Å². The zero-order valence-electron chi connectivity index (χ0n) is 13.6. The van der Waals surface area contributed by atoms with Gasteiger partial charge in [-0.3, -0.25) is 14.2 Å². The van der Waals surface area contributed by atoms with Crippen molar-refractivity contribution in [3.05, 3.63) is 34.0 Å². The van der Waals surface area contributed by atoms with Gasteiger partial charge in [0.15, 0.2) is 5.65 Å². The van der Waals surface area contributed by atoms with Crippen molar-refractivity contribution in [1.82, 2.24) is 19.9 Å². The first-order valence-electron chi connectivity index (χ1n) is 8.25. The molecular weight excluding hydrogens is 292 g/mol. The lowest BCUT2D eigenvalue weighted by atomic mass is 9.95. The molecule has 2 aromatic rings. The molecule has 1 aliphatic carbocycles. The summed E-state index contributed by atoms with van der Waals surface area (Å²) in [5.41, 5.74) is 2.48. The molecule has 6 heteroatoms. The second-order valence-corrected chi connectivity index (χ2v) is 6.23. The van der Waals surface area contributed by atoms with Crippen molar-refractivity contribution < 1.29 is 4.79 Å². The van der Waals surface area contributed by atoms with Crippen LogP contribution in [0.2, 0.25) is 0 Å². The summed E-state index contributed by atoms with van der Waals surface area (Å²) in [4.78, 5) is 33.4. The van der Waals surface area contributed by atoms with Gasteiger partial charge in [-0.1, -0.05) is 6.92 Å². The maximum absolute atomic E-state index is 12.6. The second kappa shape index (κ2) is 6.48. The number of pyridine rings is 1. The minimum atomic E-state index is -0.199. The third kappa shape index (κ3) is 3.25. The van der Waals surface area contributed by atoms with Crippen LogP contribution in [0.15, 0.2) is 17.2 Å². The smallest absolute Gasteiger partial charge is 0.263 e. The lowest BCUT2D eigenvalue weighted by Crippen LogP contribution is -2.37. The maximum atomic E-state index is 12.6. The van der Waals surface area contributed by atoms with Gasteiger partial charge < -0.3 is 5.32 Å². The topological polar surface area (TPSA) is 76.9 Å². The van der Waals surface area contributed by atoms with Crippen LogP contribution in [0, 0.1) is 0 Å². The van der Waals surface area contributed by atoms with E-state index in [9.17, 15) is 9.59 Å². The van der Waals surface area contributed by atoms with E-state index in [1.165, 1.54) is 10.9 Å². The first kappa shape index (κ1) is 15.6. The molecule has 0 unspecified atom stereocenters. The summed E-state index contributed by atoms with van der Waals surface area (Å²) in [6.07, 6.45) is 6.45. The van der Waals surface area contributed by atoms with E-state index in [4.69, 9.17) is 0 Å². The molecule has 122 valence electrons. The third-order valence-electron chi connectivity index (χ3n) is 4.43. The summed E-state index contributed by atoms with van der Waals surface area (Å²) in [6, 6.07) is 2.01. The molecule has 23 heavy (non-hydrogen) atoms. The highest BCUT2D eigenvalue weighted by molar-refractivity contribution is 5.77. The van der Waals surface area contributed by atoms with E-state index in [1.54, 1.807) is 0 Å². The molecule has 0 saturated carbocycles. The van der Waals surface area contributed by atoms with Gasteiger partial charge in [0.1, 0.15) is 12.9 Å². The molecule has 0 fully saturated rings. The molecule has 2 heterocycles. The Morgan fingerprint density at radius 2 is 2.17 bits per heavy atom. The number of fused-ring (bicyclic) bond motifs is 2. The van der Waals surface area contributed by atoms with Gasteiger partial charge in [-0.25, -0.2) is 9.97 Å². The Morgan fingerprint density at radius 1 is 1.39 bits per heavy atom. The van der Waals surface area contributed by atoms with Crippen molar-refractivity contribution in [1.29, 1.82) is 0 Å². The Morgan fingerprint density at radius 3 is 2.96 bits per heavy atom. The van der Waals surface area contributed by atoms with Crippen molar-refractivity contribution >= 4 is 16.9 Å². The number of hydrogen-bond donors (Lipinski definition) is 1. The van der Waals surface area contributed by atoms with Gasteiger partial charge in [0.25, 0.3) is 5.56 Å². The lowest BCUT2D eigenvalue weighted by Gasteiger charge is -2.15. The summed E-state index contributed by atoms with van der Waals surface area (Å²) in [6.45, 7) is 3.93.